The van der Waals surface area contributed by atoms with Crippen LogP contribution in [0.3, 0.4) is 0 Å². The van der Waals surface area contributed by atoms with Crippen LogP contribution in [0.4, 0.5) is 18.3 Å². The molecule has 0 fully saturated rings. The van der Waals surface area contributed by atoms with E-state index in [0.29, 0.717) is 29.5 Å². The molecule has 1 aliphatic rings. The van der Waals surface area contributed by atoms with Gasteiger partial charge in [-0.2, -0.15) is 13.2 Å². The SMILES string of the molecule is O=C(Nc1nc2c(s1)CN(C(=O)c1ccc(C(F)(F)F)cc1)CC2)c1cccs1. The standard InChI is InChI=1S/C19H14F3N3O2S2/c20-19(21,22)12-5-3-11(4-6-12)17(27)25-8-7-13-15(10-25)29-18(23-13)24-16(26)14-2-1-9-28-14/h1-6,9H,7-8,10H2,(H,23,24,26). The van der Waals surface area contributed by atoms with Gasteiger partial charge in [-0.1, -0.05) is 17.4 Å². The molecule has 0 spiro atoms. The van der Waals surface area contributed by atoms with E-state index in [2.05, 4.69) is 10.3 Å². The molecule has 3 heterocycles. The predicted octanol–water partition coefficient (Wildman–Crippen LogP) is 4.67. The first-order valence-corrected chi connectivity index (χ1v) is 10.3. The second kappa shape index (κ2) is 7.60. The number of thiazole rings is 1. The van der Waals surface area contributed by atoms with Gasteiger partial charge in [-0.25, -0.2) is 4.98 Å². The Kier molecular flexibility index (Phi) is 5.13. The molecule has 0 saturated carbocycles. The minimum absolute atomic E-state index is 0.206. The van der Waals surface area contributed by atoms with Crippen molar-refractivity contribution in [2.75, 3.05) is 11.9 Å². The Balaban J connectivity index is 1.45. The highest BCUT2D eigenvalue weighted by atomic mass is 32.1. The van der Waals surface area contributed by atoms with Crippen LogP contribution in [0.1, 0.15) is 36.2 Å². The summed E-state index contributed by atoms with van der Waals surface area (Å²) in [5.41, 5.74) is 0.244. The van der Waals surface area contributed by atoms with Gasteiger partial charge < -0.3 is 4.90 Å². The van der Waals surface area contributed by atoms with Crippen LogP contribution in [0.25, 0.3) is 0 Å². The monoisotopic (exact) mass is 437 g/mol. The molecule has 0 saturated heterocycles. The van der Waals surface area contributed by atoms with Crippen LogP contribution < -0.4 is 5.32 Å². The predicted molar refractivity (Wildman–Crippen MR) is 104 cm³/mol. The van der Waals surface area contributed by atoms with Gasteiger partial charge in [-0.15, -0.1) is 11.3 Å². The molecule has 4 rings (SSSR count). The van der Waals surface area contributed by atoms with Crippen molar-refractivity contribution < 1.29 is 22.8 Å². The quantitative estimate of drug-likeness (QED) is 0.648. The van der Waals surface area contributed by atoms with Crippen molar-refractivity contribution in [1.29, 1.82) is 0 Å². The summed E-state index contributed by atoms with van der Waals surface area (Å²) in [4.78, 5) is 32.3. The maximum Gasteiger partial charge on any atom is 0.416 e. The van der Waals surface area contributed by atoms with Crippen LogP contribution in [0.5, 0.6) is 0 Å². The molecule has 0 atom stereocenters. The van der Waals surface area contributed by atoms with Gasteiger partial charge in [0.05, 0.1) is 22.7 Å². The Labute approximate surface area is 171 Å². The molecule has 2 amide bonds. The first kappa shape index (κ1) is 19.6. The Morgan fingerprint density at radius 2 is 1.90 bits per heavy atom. The third-order valence-corrected chi connectivity index (χ3v) is 6.31. The second-order valence-corrected chi connectivity index (χ2v) is 8.40. The van der Waals surface area contributed by atoms with E-state index in [0.717, 1.165) is 22.7 Å². The number of hydrogen-bond acceptors (Lipinski definition) is 5. The summed E-state index contributed by atoms with van der Waals surface area (Å²) in [5, 5.41) is 5.05. The van der Waals surface area contributed by atoms with Crippen LogP contribution in [0.2, 0.25) is 0 Å². The van der Waals surface area contributed by atoms with Gasteiger partial charge in [0.2, 0.25) is 0 Å². The fourth-order valence-electron chi connectivity index (χ4n) is 2.97. The van der Waals surface area contributed by atoms with Crippen LogP contribution in [-0.2, 0) is 19.1 Å². The molecular formula is C19H14F3N3O2S2. The molecule has 10 heteroatoms. The zero-order valence-electron chi connectivity index (χ0n) is 14.8. The largest absolute Gasteiger partial charge is 0.416 e. The first-order chi connectivity index (χ1) is 13.8. The number of halogens is 3. The van der Waals surface area contributed by atoms with Gasteiger partial charge in [0, 0.05) is 23.4 Å². The van der Waals surface area contributed by atoms with E-state index >= 15 is 0 Å². The topological polar surface area (TPSA) is 62.3 Å². The van der Waals surface area contributed by atoms with Crippen molar-refractivity contribution in [3.8, 4) is 0 Å². The van der Waals surface area contributed by atoms with Crippen molar-refractivity contribution in [3.05, 3.63) is 68.4 Å². The molecule has 5 nitrogen and oxygen atoms in total. The lowest BCUT2D eigenvalue weighted by Gasteiger charge is -2.26. The van der Waals surface area contributed by atoms with Crippen LogP contribution in [-0.4, -0.2) is 28.2 Å². The van der Waals surface area contributed by atoms with E-state index in [1.54, 1.807) is 17.0 Å². The number of carbonyl (C=O) groups excluding carboxylic acids is 2. The van der Waals surface area contributed by atoms with Crippen molar-refractivity contribution in [1.82, 2.24) is 9.88 Å². The normalized spacial score (nSPS) is 13.8. The van der Waals surface area contributed by atoms with Gasteiger partial charge in [-0.05, 0) is 35.7 Å². The number of benzene rings is 1. The summed E-state index contributed by atoms with van der Waals surface area (Å²) in [5.74, 6) is -0.564. The zero-order chi connectivity index (χ0) is 20.6. The molecule has 2 aromatic heterocycles. The highest BCUT2D eigenvalue weighted by Gasteiger charge is 2.31. The molecule has 0 bridgehead atoms. The molecule has 1 aliphatic heterocycles. The summed E-state index contributed by atoms with van der Waals surface area (Å²) in [6.45, 7) is 0.719. The highest BCUT2D eigenvalue weighted by molar-refractivity contribution is 7.16. The zero-order valence-corrected chi connectivity index (χ0v) is 16.5. The number of anilines is 1. The molecular weight excluding hydrogens is 423 g/mol. The highest BCUT2D eigenvalue weighted by Crippen LogP contribution is 2.31. The summed E-state index contributed by atoms with van der Waals surface area (Å²) < 4.78 is 38.1. The third-order valence-electron chi connectivity index (χ3n) is 4.44. The molecule has 29 heavy (non-hydrogen) atoms. The second-order valence-electron chi connectivity index (χ2n) is 6.37. The molecule has 0 unspecified atom stereocenters. The summed E-state index contributed by atoms with van der Waals surface area (Å²) in [6.07, 6.45) is -3.92. The van der Waals surface area contributed by atoms with Gasteiger partial charge in [0.15, 0.2) is 5.13 Å². The third kappa shape index (κ3) is 4.18. The molecule has 0 aliphatic carbocycles. The number of amides is 2. The molecule has 1 aromatic carbocycles. The van der Waals surface area contributed by atoms with E-state index in [1.165, 1.54) is 34.8 Å². The smallest absolute Gasteiger partial charge is 0.333 e. The van der Waals surface area contributed by atoms with E-state index in [4.69, 9.17) is 0 Å². The van der Waals surface area contributed by atoms with E-state index in [1.807, 2.05) is 5.38 Å². The van der Waals surface area contributed by atoms with Crippen molar-refractivity contribution in [3.63, 3.8) is 0 Å². The summed E-state index contributed by atoms with van der Waals surface area (Å²) in [6, 6.07) is 7.72. The number of nitrogens with zero attached hydrogens (tertiary/aromatic N) is 2. The van der Waals surface area contributed by atoms with Crippen molar-refractivity contribution >= 4 is 39.6 Å². The Bertz CT molecular complexity index is 1040. The average molecular weight is 437 g/mol. The van der Waals surface area contributed by atoms with Crippen LogP contribution in [0, 0.1) is 0 Å². The Morgan fingerprint density at radius 3 is 2.55 bits per heavy atom. The van der Waals surface area contributed by atoms with Gasteiger partial charge in [-0.3, -0.25) is 14.9 Å². The van der Waals surface area contributed by atoms with Crippen LogP contribution in [0.15, 0.2) is 41.8 Å². The van der Waals surface area contributed by atoms with E-state index in [-0.39, 0.29) is 17.4 Å². The fraction of sp³-hybridized carbons (Fsp3) is 0.211. The number of nitrogens with one attached hydrogen (secondary N) is 1. The summed E-state index contributed by atoms with van der Waals surface area (Å²) in [7, 11) is 0. The molecule has 1 N–H and O–H groups in total. The lowest BCUT2D eigenvalue weighted by molar-refractivity contribution is -0.137. The number of rotatable bonds is 3. The maximum absolute atomic E-state index is 12.7. The van der Waals surface area contributed by atoms with Crippen molar-refractivity contribution in [2.24, 2.45) is 0 Å². The minimum atomic E-state index is -4.44. The van der Waals surface area contributed by atoms with Gasteiger partial charge >= 0.3 is 6.18 Å². The van der Waals surface area contributed by atoms with Crippen LogP contribution >= 0.6 is 22.7 Å². The van der Waals surface area contributed by atoms with E-state index in [9.17, 15) is 22.8 Å². The molecule has 150 valence electrons. The summed E-state index contributed by atoms with van der Waals surface area (Å²) >= 11 is 2.63. The number of fused-ring (bicyclic) bond motifs is 1. The van der Waals surface area contributed by atoms with Crippen molar-refractivity contribution in [2.45, 2.75) is 19.1 Å². The van der Waals surface area contributed by atoms with Gasteiger partial charge in [0.1, 0.15) is 0 Å². The lowest BCUT2D eigenvalue weighted by Crippen LogP contribution is -2.35. The van der Waals surface area contributed by atoms with E-state index < -0.39 is 11.7 Å². The molecule has 3 aromatic rings. The number of hydrogen-bond donors (Lipinski definition) is 1. The first-order valence-electron chi connectivity index (χ1n) is 8.61. The Hall–Kier alpha value is -2.72. The average Bonchev–Trinajstić information content (AvgIpc) is 3.35. The number of thiophene rings is 1. The maximum atomic E-state index is 12.7. The number of alkyl halides is 3. The fourth-order valence-corrected chi connectivity index (χ4v) is 4.61. The lowest BCUT2D eigenvalue weighted by atomic mass is 10.1. The van der Waals surface area contributed by atoms with Gasteiger partial charge in [0.25, 0.3) is 11.8 Å². The Morgan fingerprint density at radius 1 is 1.14 bits per heavy atom. The minimum Gasteiger partial charge on any atom is -0.333 e. The molecule has 0 radical (unpaired) electrons. The number of carbonyl (C=O) groups is 2. The number of aromatic nitrogens is 1.